The largest absolute Gasteiger partial charge is 0.462 e. The topological polar surface area (TPSA) is 81.4 Å². The summed E-state index contributed by atoms with van der Waals surface area (Å²) in [6.45, 7) is 1.94. The molecule has 110 valence electrons. The van der Waals surface area contributed by atoms with Crippen molar-refractivity contribution < 1.29 is 18.7 Å². The molecule has 0 aliphatic carbocycles. The lowest BCUT2D eigenvalue weighted by Crippen LogP contribution is -2.14. The number of benzene rings is 1. The van der Waals surface area contributed by atoms with Crippen LogP contribution in [0.3, 0.4) is 0 Å². The number of carbonyl (C=O) groups excluding carboxylic acids is 2. The van der Waals surface area contributed by atoms with E-state index in [1.807, 2.05) is 0 Å². The summed E-state index contributed by atoms with van der Waals surface area (Å²) in [5.74, 6) is -1.71. The molecule has 5 nitrogen and oxygen atoms in total. The van der Waals surface area contributed by atoms with Crippen molar-refractivity contribution in [1.82, 2.24) is 0 Å². The van der Waals surface area contributed by atoms with Crippen molar-refractivity contribution in [2.75, 3.05) is 17.7 Å². The Morgan fingerprint density at radius 3 is 2.81 bits per heavy atom. The highest BCUT2D eigenvalue weighted by Gasteiger charge is 2.17. The van der Waals surface area contributed by atoms with Gasteiger partial charge in [-0.25, -0.2) is 9.18 Å². The second-order valence-electron chi connectivity index (χ2n) is 4.07. The van der Waals surface area contributed by atoms with Crippen LogP contribution in [-0.2, 0) is 4.74 Å². The summed E-state index contributed by atoms with van der Waals surface area (Å²) in [4.78, 5) is 23.7. The lowest BCUT2D eigenvalue weighted by atomic mass is 10.2. The molecule has 0 unspecified atom stereocenters. The number of nitrogens with one attached hydrogen (secondary N) is 1. The molecule has 1 amide bonds. The molecule has 21 heavy (non-hydrogen) atoms. The third-order valence-corrected chi connectivity index (χ3v) is 3.48. The SMILES string of the molecule is CCOC(=O)c1ccsc1NC(=O)c1ccc(N)c(F)c1. The number of hydrogen-bond donors (Lipinski definition) is 2. The molecular weight excluding hydrogens is 295 g/mol. The second kappa shape index (κ2) is 6.36. The summed E-state index contributed by atoms with van der Waals surface area (Å²) < 4.78 is 18.2. The van der Waals surface area contributed by atoms with E-state index >= 15 is 0 Å². The molecule has 0 aliphatic rings. The predicted molar refractivity (Wildman–Crippen MR) is 79.0 cm³/mol. The number of anilines is 2. The first-order chi connectivity index (χ1) is 10.0. The fourth-order valence-electron chi connectivity index (χ4n) is 1.62. The Kier molecular flexibility index (Phi) is 4.54. The summed E-state index contributed by atoms with van der Waals surface area (Å²) in [5.41, 5.74) is 5.71. The fourth-order valence-corrected chi connectivity index (χ4v) is 2.39. The van der Waals surface area contributed by atoms with E-state index in [2.05, 4.69) is 5.32 Å². The number of rotatable bonds is 4. The first-order valence-corrected chi connectivity index (χ1v) is 7.02. The van der Waals surface area contributed by atoms with Gasteiger partial charge in [0.1, 0.15) is 10.8 Å². The van der Waals surface area contributed by atoms with Crippen LogP contribution < -0.4 is 11.1 Å². The van der Waals surface area contributed by atoms with E-state index in [1.54, 1.807) is 18.4 Å². The highest BCUT2D eigenvalue weighted by Crippen LogP contribution is 2.25. The summed E-state index contributed by atoms with van der Waals surface area (Å²) in [5, 5.41) is 4.58. The smallest absolute Gasteiger partial charge is 0.341 e. The van der Waals surface area contributed by atoms with Gasteiger partial charge in [-0.2, -0.15) is 0 Å². The number of esters is 1. The van der Waals surface area contributed by atoms with Crippen LogP contribution in [-0.4, -0.2) is 18.5 Å². The molecular formula is C14H13FN2O3S. The van der Waals surface area contributed by atoms with Crippen molar-refractivity contribution in [2.24, 2.45) is 0 Å². The third kappa shape index (κ3) is 3.38. The average molecular weight is 308 g/mol. The number of hydrogen-bond acceptors (Lipinski definition) is 5. The van der Waals surface area contributed by atoms with Gasteiger partial charge in [0.15, 0.2) is 0 Å². The zero-order chi connectivity index (χ0) is 15.4. The number of halogens is 1. The number of carbonyl (C=O) groups is 2. The minimum absolute atomic E-state index is 0.0325. The van der Waals surface area contributed by atoms with Crippen LogP contribution in [0.2, 0.25) is 0 Å². The molecule has 1 heterocycles. The Labute approximate surface area is 124 Å². The van der Waals surface area contributed by atoms with E-state index in [0.717, 1.165) is 6.07 Å². The number of ether oxygens (including phenoxy) is 1. The van der Waals surface area contributed by atoms with Gasteiger partial charge in [0.05, 0.1) is 17.9 Å². The molecule has 2 rings (SSSR count). The summed E-state index contributed by atoms with van der Waals surface area (Å²) in [6.07, 6.45) is 0. The Morgan fingerprint density at radius 2 is 2.14 bits per heavy atom. The zero-order valence-corrected chi connectivity index (χ0v) is 12.0. The van der Waals surface area contributed by atoms with Crippen LogP contribution in [0.25, 0.3) is 0 Å². The predicted octanol–water partition coefficient (Wildman–Crippen LogP) is 2.90. The van der Waals surface area contributed by atoms with Crippen LogP contribution in [0.1, 0.15) is 27.6 Å². The standard InChI is InChI=1S/C14H13FN2O3S/c1-2-20-14(19)9-5-6-21-13(9)17-12(18)8-3-4-11(16)10(15)7-8/h3-7H,2,16H2,1H3,(H,17,18). The summed E-state index contributed by atoms with van der Waals surface area (Å²) >= 11 is 1.18. The van der Waals surface area contributed by atoms with E-state index in [9.17, 15) is 14.0 Å². The number of nitrogens with two attached hydrogens (primary N) is 1. The molecule has 0 atom stereocenters. The monoisotopic (exact) mass is 308 g/mol. The number of thiophene rings is 1. The minimum Gasteiger partial charge on any atom is -0.462 e. The summed E-state index contributed by atoms with van der Waals surface area (Å²) in [6, 6.07) is 5.32. The molecule has 0 saturated carbocycles. The normalized spacial score (nSPS) is 10.2. The maximum atomic E-state index is 13.3. The lowest BCUT2D eigenvalue weighted by Gasteiger charge is -2.07. The van der Waals surface area contributed by atoms with Gasteiger partial charge < -0.3 is 15.8 Å². The van der Waals surface area contributed by atoms with Crippen molar-refractivity contribution in [3.8, 4) is 0 Å². The van der Waals surface area contributed by atoms with Gasteiger partial charge in [-0.3, -0.25) is 4.79 Å². The second-order valence-corrected chi connectivity index (χ2v) is 4.99. The highest BCUT2D eigenvalue weighted by molar-refractivity contribution is 7.14. The van der Waals surface area contributed by atoms with Crippen LogP contribution >= 0.6 is 11.3 Å². The number of nitrogen functional groups attached to an aromatic ring is 1. The zero-order valence-electron chi connectivity index (χ0n) is 11.2. The molecule has 0 bridgehead atoms. The van der Waals surface area contributed by atoms with Crippen molar-refractivity contribution >= 4 is 33.9 Å². The summed E-state index contributed by atoms with van der Waals surface area (Å²) in [7, 11) is 0. The molecule has 3 N–H and O–H groups in total. The average Bonchev–Trinajstić information content (AvgIpc) is 2.90. The van der Waals surface area contributed by atoms with Crippen molar-refractivity contribution in [1.29, 1.82) is 0 Å². The van der Waals surface area contributed by atoms with E-state index in [1.165, 1.54) is 23.5 Å². The molecule has 7 heteroatoms. The molecule has 1 aromatic carbocycles. The van der Waals surface area contributed by atoms with Crippen molar-refractivity contribution in [2.45, 2.75) is 6.92 Å². The van der Waals surface area contributed by atoms with Crippen LogP contribution in [0.5, 0.6) is 0 Å². The maximum absolute atomic E-state index is 13.3. The first kappa shape index (κ1) is 15.0. The Bertz CT molecular complexity index is 685. The minimum atomic E-state index is -0.667. The van der Waals surface area contributed by atoms with Gasteiger partial charge in [-0.15, -0.1) is 11.3 Å². The molecule has 0 aliphatic heterocycles. The third-order valence-electron chi connectivity index (χ3n) is 2.65. The molecule has 0 saturated heterocycles. The van der Waals surface area contributed by atoms with Gasteiger partial charge in [0.2, 0.25) is 0 Å². The molecule has 0 spiro atoms. The van der Waals surface area contributed by atoms with Crippen molar-refractivity contribution in [3.63, 3.8) is 0 Å². The van der Waals surface area contributed by atoms with Gasteiger partial charge in [0, 0.05) is 5.56 Å². The lowest BCUT2D eigenvalue weighted by molar-refractivity contribution is 0.0528. The fraction of sp³-hybridized carbons (Fsp3) is 0.143. The molecule has 2 aromatic rings. The van der Waals surface area contributed by atoms with Crippen LogP contribution in [0.4, 0.5) is 15.1 Å². The number of amides is 1. The molecule has 0 radical (unpaired) electrons. The van der Waals surface area contributed by atoms with E-state index < -0.39 is 17.7 Å². The van der Waals surface area contributed by atoms with Crippen LogP contribution in [0.15, 0.2) is 29.6 Å². The van der Waals surface area contributed by atoms with E-state index in [0.29, 0.717) is 5.00 Å². The quantitative estimate of drug-likeness (QED) is 0.672. The molecule has 0 fully saturated rings. The van der Waals surface area contributed by atoms with Gasteiger partial charge >= 0.3 is 5.97 Å². The van der Waals surface area contributed by atoms with Crippen molar-refractivity contribution in [3.05, 3.63) is 46.6 Å². The Hall–Kier alpha value is -2.41. The van der Waals surface area contributed by atoms with E-state index in [-0.39, 0.29) is 23.4 Å². The maximum Gasteiger partial charge on any atom is 0.341 e. The van der Waals surface area contributed by atoms with Gasteiger partial charge in [-0.05, 0) is 36.6 Å². The Balaban J connectivity index is 2.18. The molecule has 1 aromatic heterocycles. The highest BCUT2D eigenvalue weighted by atomic mass is 32.1. The Morgan fingerprint density at radius 1 is 1.38 bits per heavy atom. The van der Waals surface area contributed by atoms with E-state index in [4.69, 9.17) is 10.5 Å². The first-order valence-electron chi connectivity index (χ1n) is 6.14. The van der Waals surface area contributed by atoms with Gasteiger partial charge in [-0.1, -0.05) is 0 Å². The van der Waals surface area contributed by atoms with Gasteiger partial charge in [0.25, 0.3) is 5.91 Å². The van der Waals surface area contributed by atoms with Crippen LogP contribution in [0, 0.1) is 5.82 Å².